The Morgan fingerprint density at radius 3 is 2.62 bits per heavy atom. The third kappa shape index (κ3) is 4.80. The number of rotatable bonds is 8. The first-order valence-electron chi connectivity index (χ1n) is 7.97. The van der Waals surface area contributed by atoms with E-state index in [4.69, 9.17) is 4.74 Å². The number of alkyl halides is 2. The van der Waals surface area contributed by atoms with Gasteiger partial charge in [-0.2, -0.15) is 5.10 Å². The Balaban J connectivity index is 1.87. The molecule has 0 amide bonds. The Kier molecular flexibility index (Phi) is 6.36. The average molecular weight is 345 g/mol. The average Bonchev–Trinajstić information content (AvgIpc) is 2.98. The summed E-state index contributed by atoms with van der Waals surface area (Å²) in [5.74, 6) is 0.446. The van der Waals surface area contributed by atoms with Crippen LogP contribution in [0.25, 0.3) is 0 Å². The second kappa shape index (κ2) is 8.27. The molecule has 0 bridgehead atoms. The molecule has 1 heterocycles. The maximum absolute atomic E-state index is 12.8. The van der Waals surface area contributed by atoms with E-state index in [-0.39, 0.29) is 11.8 Å². The van der Waals surface area contributed by atoms with Gasteiger partial charge in [0.15, 0.2) is 0 Å². The van der Waals surface area contributed by atoms with E-state index in [0.717, 1.165) is 19.0 Å². The predicted octanol–water partition coefficient (Wildman–Crippen LogP) is 3.46. The van der Waals surface area contributed by atoms with E-state index in [0.29, 0.717) is 38.4 Å². The van der Waals surface area contributed by atoms with Crippen molar-refractivity contribution in [1.82, 2.24) is 9.78 Å². The van der Waals surface area contributed by atoms with Gasteiger partial charge >= 0.3 is 5.69 Å². The van der Waals surface area contributed by atoms with Crippen LogP contribution in [0.4, 0.5) is 14.5 Å². The Labute approximate surface area is 138 Å². The van der Waals surface area contributed by atoms with Gasteiger partial charge in [-0.05, 0) is 38.5 Å². The van der Waals surface area contributed by atoms with Crippen LogP contribution in [-0.2, 0) is 9.53 Å². The number of carbonyl (C=O) groups excluding carboxylic acids is 1. The van der Waals surface area contributed by atoms with Crippen molar-refractivity contribution in [2.45, 2.75) is 51.5 Å². The first-order chi connectivity index (χ1) is 11.4. The molecule has 1 fully saturated rings. The molecule has 0 saturated heterocycles. The highest BCUT2D eigenvalue weighted by atomic mass is 19.3. The molecule has 1 aliphatic carbocycles. The van der Waals surface area contributed by atoms with E-state index in [1.807, 2.05) is 0 Å². The van der Waals surface area contributed by atoms with E-state index < -0.39 is 22.7 Å². The van der Waals surface area contributed by atoms with Crippen LogP contribution in [0.2, 0.25) is 0 Å². The fourth-order valence-corrected chi connectivity index (χ4v) is 2.92. The summed E-state index contributed by atoms with van der Waals surface area (Å²) in [5.41, 5.74) is -1.39. The zero-order valence-electron chi connectivity index (χ0n) is 13.5. The molecule has 0 radical (unpaired) electrons. The maximum Gasteiger partial charge on any atom is 0.316 e. The van der Waals surface area contributed by atoms with Crippen molar-refractivity contribution >= 4 is 11.5 Å². The SMILES string of the molecule is CC(=O)CCOCC1CCC(n2cc([N+](=O)[O-])c(C(F)F)n2)CC1. The van der Waals surface area contributed by atoms with Crippen molar-refractivity contribution in [3.63, 3.8) is 0 Å². The van der Waals surface area contributed by atoms with Crippen LogP contribution >= 0.6 is 0 Å². The highest BCUT2D eigenvalue weighted by Gasteiger charge is 2.30. The van der Waals surface area contributed by atoms with Crippen molar-refractivity contribution < 1.29 is 23.2 Å². The lowest BCUT2D eigenvalue weighted by Gasteiger charge is -2.28. The van der Waals surface area contributed by atoms with Crippen molar-refractivity contribution in [2.75, 3.05) is 13.2 Å². The zero-order valence-corrected chi connectivity index (χ0v) is 13.5. The molecule has 0 atom stereocenters. The van der Waals surface area contributed by atoms with Gasteiger partial charge < -0.3 is 4.74 Å². The lowest BCUT2D eigenvalue weighted by molar-refractivity contribution is -0.386. The molecule has 1 saturated carbocycles. The summed E-state index contributed by atoms with van der Waals surface area (Å²) in [7, 11) is 0. The fraction of sp³-hybridized carbons (Fsp3) is 0.733. The lowest BCUT2D eigenvalue weighted by atomic mass is 9.86. The summed E-state index contributed by atoms with van der Waals surface area (Å²) in [6.45, 7) is 2.51. The maximum atomic E-state index is 12.8. The molecule has 2 rings (SSSR count). The molecular formula is C15H21F2N3O4. The highest BCUT2D eigenvalue weighted by Crippen LogP contribution is 2.35. The summed E-state index contributed by atoms with van der Waals surface area (Å²) in [5, 5.41) is 14.6. The van der Waals surface area contributed by atoms with E-state index >= 15 is 0 Å². The summed E-state index contributed by atoms with van der Waals surface area (Å²) >= 11 is 0. The molecule has 7 nitrogen and oxygen atoms in total. The number of nitrogens with zero attached hydrogens (tertiary/aromatic N) is 3. The van der Waals surface area contributed by atoms with Gasteiger partial charge in [0.1, 0.15) is 12.0 Å². The van der Waals surface area contributed by atoms with E-state index in [1.165, 1.54) is 11.6 Å². The molecule has 0 aliphatic heterocycles. The van der Waals surface area contributed by atoms with Gasteiger partial charge in [-0.25, -0.2) is 8.78 Å². The molecule has 1 aromatic rings. The van der Waals surface area contributed by atoms with Crippen LogP contribution in [0.5, 0.6) is 0 Å². The zero-order chi connectivity index (χ0) is 17.7. The van der Waals surface area contributed by atoms with Gasteiger partial charge in [0.25, 0.3) is 6.43 Å². The smallest absolute Gasteiger partial charge is 0.316 e. The Morgan fingerprint density at radius 1 is 1.46 bits per heavy atom. The Morgan fingerprint density at radius 2 is 2.12 bits per heavy atom. The van der Waals surface area contributed by atoms with Gasteiger partial charge in [0.05, 0.1) is 17.6 Å². The minimum atomic E-state index is -2.96. The molecule has 0 unspecified atom stereocenters. The number of Topliss-reactive ketones (excluding diaryl/α,β-unsaturated/α-hetero) is 1. The Bertz CT molecular complexity index is 583. The van der Waals surface area contributed by atoms with Gasteiger partial charge in [0, 0.05) is 13.0 Å². The lowest BCUT2D eigenvalue weighted by Crippen LogP contribution is -2.22. The first-order valence-corrected chi connectivity index (χ1v) is 7.97. The molecule has 1 aliphatic rings. The number of carbonyl (C=O) groups is 1. The minimum Gasteiger partial charge on any atom is -0.381 e. The van der Waals surface area contributed by atoms with E-state index in [1.54, 1.807) is 0 Å². The summed E-state index contributed by atoms with van der Waals surface area (Å²) in [6.07, 6.45) is 1.64. The molecule has 134 valence electrons. The monoisotopic (exact) mass is 345 g/mol. The molecule has 0 N–H and O–H groups in total. The highest BCUT2D eigenvalue weighted by molar-refractivity contribution is 5.75. The minimum absolute atomic E-state index is 0.0915. The summed E-state index contributed by atoms with van der Waals surface area (Å²) in [4.78, 5) is 20.9. The van der Waals surface area contributed by atoms with Gasteiger partial charge in [-0.1, -0.05) is 0 Å². The Hall–Kier alpha value is -1.90. The van der Waals surface area contributed by atoms with Crippen LogP contribution in [0.15, 0.2) is 6.20 Å². The number of ether oxygens (including phenoxy) is 1. The van der Waals surface area contributed by atoms with Crippen LogP contribution < -0.4 is 0 Å². The second-order valence-corrected chi connectivity index (χ2v) is 6.14. The number of hydrogen-bond donors (Lipinski definition) is 0. The number of ketones is 1. The molecule has 9 heteroatoms. The van der Waals surface area contributed by atoms with Crippen LogP contribution in [0, 0.1) is 16.0 Å². The third-order valence-corrected chi connectivity index (χ3v) is 4.29. The molecule has 0 aromatic carbocycles. The van der Waals surface area contributed by atoms with Crippen molar-refractivity contribution in [3.8, 4) is 0 Å². The fourth-order valence-electron chi connectivity index (χ4n) is 2.92. The van der Waals surface area contributed by atoms with Crippen LogP contribution in [0.3, 0.4) is 0 Å². The third-order valence-electron chi connectivity index (χ3n) is 4.29. The van der Waals surface area contributed by atoms with Crippen LogP contribution in [0.1, 0.15) is 57.2 Å². The number of halogens is 2. The summed E-state index contributed by atoms with van der Waals surface area (Å²) < 4.78 is 32.5. The number of aromatic nitrogens is 2. The van der Waals surface area contributed by atoms with Gasteiger partial charge in [-0.3, -0.25) is 19.6 Å². The van der Waals surface area contributed by atoms with Crippen molar-refractivity contribution in [1.29, 1.82) is 0 Å². The van der Waals surface area contributed by atoms with Crippen molar-refractivity contribution in [3.05, 3.63) is 22.0 Å². The topological polar surface area (TPSA) is 87.3 Å². The molecule has 24 heavy (non-hydrogen) atoms. The first kappa shape index (κ1) is 18.4. The second-order valence-electron chi connectivity index (χ2n) is 6.14. The largest absolute Gasteiger partial charge is 0.381 e. The standard InChI is InChI=1S/C15H21F2N3O4/c1-10(21)6-7-24-9-11-2-4-12(5-3-11)19-8-13(20(22)23)14(18-19)15(16)17/h8,11-12,15H,2-7,9H2,1H3. The normalized spacial score (nSPS) is 21.2. The van der Waals surface area contributed by atoms with Crippen molar-refractivity contribution in [2.24, 2.45) is 5.92 Å². The number of hydrogen-bond acceptors (Lipinski definition) is 5. The predicted molar refractivity (Wildman–Crippen MR) is 81.0 cm³/mol. The van der Waals surface area contributed by atoms with Crippen LogP contribution in [-0.4, -0.2) is 33.7 Å². The van der Waals surface area contributed by atoms with E-state index in [9.17, 15) is 23.7 Å². The van der Waals surface area contributed by atoms with Gasteiger partial charge in [0.2, 0.25) is 5.69 Å². The quantitative estimate of drug-likeness (QED) is 0.409. The number of nitro groups is 1. The molecule has 1 aromatic heterocycles. The van der Waals surface area contributed by atoms with Gasteiger partial charge in [-0.15, -0.1) is 0 Å². The molecule has 0 spiro atoms. The van der Waals surface area contributed by atoms with E-state index in [2.05, 4.69) is 5.10 Å². The summed E-state index contributed by atoms with van der Waals surface area (Å²) in [6, 6.07) is -0.107. The molecular weight excluding hydrogens is 324 g/mol.